The van der Waals surface area contributed by atoms with E-state index >= 15 is 0 Å². The molecule has 3 aromatic rings. The summed E-state index contributed by atoms with van der Waals surface area (Å²) in [7, 11) is 0. The van der Waals surface area contributed by atoms with Gasteiger partial charge >= 0.3 is 6.03 Å². The number of carbonyl (C=O) groups excluding carboxylic acids is 1. The number of hydrogen-bond acceptors (Lipinski definition) is 6. The van der Waals surface area contributed by atoms with Gasteiger partial charge in [-0.1, -0.05) is 24.6 Å². The van der Waals surface area contributed by atoms with E-state index in [0.29, 0.717) is 24.1 Å². The minimum absolute atomic E-state index is 0.265. The van der Waals surface area contributed by atoms with Gasteiger partial charge in [-0.15, -0.1) is 10.2 Å². The van der Waals surface area contributed by atoms with Crippen LogP contribution < -0.4 is 10.6 Å². The molecule has 0 atom stereocenters. The first-order chi connectivity index (χ1) is 14.8. The molecule has 158 valence electrons. The molecule has 0 spiro atoms. The molecule has 2 amide bonds. The topological polar surface area (TPSA) is 103 Å². The van der Waals surface area contributed by atoms with E-state index in [0.717, 1.165) is 23.8 Å². The van der Waals surface area contributed by atoms with E-state index in [-0.39, 0.29) is 6.03 Å². The maximum absolute atomic E-state index is 12.4. The van der Waals surface area contributed by atoms with Crippen LogP contribution in [0.2, 0.25) is 0 Å². The minimum atomic E-state index is -0.265. The Bertz CT molecular complexity index is 965. The van der Waals surface area contributed by atoms with E-state index < -0.39 is 0 Å². The van der Waals surface area contributed by atoms with E-state index in [1.54, 1.807) is 47.2 Å². The van der Waals surface area contributed by atoms with Crippen molar-refractivity contribution in [3.05, 3.63) is 42.6 Å². The minimum Gasteiger partial charge on any atom is -0.338 e. The molecule has 1 fully saturated rings. The molecule has 3 heterocycles. The third kappa shape index (κ3) is 4.64. The molecule has 2 N–H and O–H groups in total. The number of aromatic nitrogens is 6. The highest BCUT2D eigenvalue weighted by molar-refractivity contribution is 7.98. The number of aryl methyl sites for hydroxylation is 1. The molecular weight excluding hydrogens is 400 g/mol. The summed E-state index contributed by atoms with van der Waals surface area (Å²) in [6.07, 6.45) is 13.7. The molecule has 0 bridgehead atoms. The van der Waals surface area contributed by atoms with Gasteiger partial charge < -0.3 is 15.2 Å². The van der Waals surface area contributed by atoms with Crippen molar-refractivity contribution in [2.24, 2.45) is 0 Å². The molecule has 10 heteroatoms. The number of nitrogens with one attached hydrogen (secondary N) is 2. The van der Waals surface area contributed by atoms with Gasteiger partial charge in [0.25, 0.3) is 0 Å². The summed E-state index contributed by atoms with van der Waals surface area (Å²) >= 11 is 1.65. The fraction of sp³-hybridized carbons (Fsp3) is 0.450. The maximum Gasteiger partial charge on any atom is 0.319 e. The van der Waals surface area contributed by atoms with Gasteiger partial charge in [0, 0.05) is 37.6 Å². The van der Waals surface area contributed by atoms with Crippen molar-refractivity contribution in [3.8, 4) is 5.82 Å². The van der Waals surface area contributed by atoms with Gasteiger partial charge in [0.05, 0.1) is 5.69 Å². The highest BCUT2D eigenvalue weighted by Gasteiger charge is 2.23. The quantitative estimate of drug-likeness (QED) is 0.422. The summed E-state index contributed by atoms with van der Waals surface area (Å²) in [5, 5.41) is 19.7. The molecule has 1 aliphatic carbocycles. The number of carbonyl (C=O) groups is 1. The number of pyridine rings is 1. The molecule has 30 heavy (non-hydrogen) atoms. The van der Waals surface area contributed by atoms with Crippen molar-refractivity contribution in [2.75, 3.05) is 18.1 Å². The Hall–Kier alpha value is -2.88. The Labute approximate surface area is 179 Å². The monoisotopic (exact) mass is 426 g/mol. The standard InChI is InChI=1S/C20H26N8OS/c1-30-20-26-25-17(28(20)15-7-2-3-8-15)10-5-12-22-19(29)24-16-9-4-11-21-18(16)27-14-6-13-23-27/h4,6,9,11,13-15H,2-3,5,7-8,10,12H2,1H3,(H2,22,24,29). The van der Waals surface area contributed by atoms with Gasteiger partial charge in [-0.2, -0.15) is 5.10 Å². The van der Waals surface area contributed by atoms with Gasteiger partial charge in [-0.3, -0.25) is 0 Å². The second-order valence-corrected chi connectivity index (χ2v) is 7.99. The lowest BCUT2D eigenvalue weighted by atomic mass is 10.2. The average molecular weight is 427 g/mol. The van der Waals surface area contributed by atoms with Crippen molar-refractivity contribution in [3.63, 3.8) is 0 Å². The smallest absolute Gasteiger partial charge is 0.319 e. The summed E-state index contributed by atoms with van der Waals surface area (Å²) < 4.78 is 3.93. The Kier molecular flexibility index (Phi) is 6.63. The van der Waals surface area contributed by atoms with Crippen molar-refractivity contribution < 1.29 is 4.79 Å². The van der Waals surface area contributed by atoms with Gasteiger partial charge in [0.2, 0.25) is 0 Å². The van der Waals surface area contributed by atoms with Crippen LogP contribution >= 0.6 is 11.8 Å². The molecule has 0 aliphatic heterocycles. The lowest BCUT2D eigenvalue weighted by Gasteiger charge is -2.16. The lowest BCUT2D eigenvalue weighted by molar-refractivity contribution is 0.252. The molecule has 0 unspecified atom stereocenters. The first-order valence-electron chi connectivity index (χ1n) is 10.2. The van der Waals surface area contributed by atoms with E-state index in [1.165, 1.54) is 25.7 Å². The zero-order chi connectivity index (χ0) is 20.8. The Morgan fingerprint density at radius 2 is 2.10 bits per heavy atom. The van der Waals surface area contributed by atoms with E-state index in [9.17, 15) is 4.79 Å². The van der Waals surface area contributed by atoms with Crippen LogP contribution in [-0.4, -0.2) is 48.4 Å². The Morgan fingerprint density at radius 3 is 2.87 bits per heavy atom. The van der Waals surface area contributed by atoms with Crippen molar-refractivity contribution >= 4 is 23.5 Å². The van der Waals surface area contributed by atoms with Crippen LogP contribution in [-0.2, 0) is 6.42 Å². The maximum atomic E-state index is 12.4. The predicted molar refractivity (Wildman–Crippen MR) is 116 cm³/mol. The average Bonchev–Trinajstić information content (AvgIpc) is 3.53. The molecule has 0 saturated heterocycles. The van der Waals surface area contributed by atoms with Crippen molar-refractivity contribution in [1.29, 1.82) is 0 Å². The largest absolute Gasteiger partial charge is 0.338 e. The molecule has 0 aromatic carbocycles. The number of amides is 2. The SMILES string of the molecule is CSc1nnc(CCCNC(=O)Nc2cccnc2-n2cccn2)n1C1CCCC1. The zero-order valence-corrected chi connectivity index (χ0v) is 17.8. The zero-order valence-electron chi connectivity index (χ0n) is 17.0. The molecule has 0 radical (unpaired) electrons. The number of nitrogens with zero attached hydrogens (tertiary/aromatic N) is 6. The van der Waals surface area contributed by atoms with Crippen molar-refractivity contribution in [2.45, 2.75) is 49.7 Å². The van der Waals surface area contributed by atoms with Crippen molar-refractivity contribution in [1.82, 2.24) is 34.8 Å². The van der Waals surface area contributed by atoms with Gasteiger partial charge in [0.15, 0.2) is 11.0 Å². The van der Waals surface area contributed by atoms with E-state index in [4.69, 9.17) is 0 Å². The highest BCUT2D eigenvalue weighted by Crippen LogP contribution is 2.33. The van der Waals surface area contributed by atoms with Crippen LogP contribution in [0.1, 0.15) is 44.0 Å². The van der Waals surface area contributed by atoms with E-state index in [2.05, 4.69) is 35.5 Å². The second-order valence-electron chi connectivity index (χ2n) is 7.22. The van der Waals surface area contributed by atoms with Crippen LogP contribution in [0, 0.1) is 0 Å². The molecule has 1 saturated carbocycles. The van der Waals surface area contributed by atoms with Gasteiger partial charge in [0.1, 0.15) is 5.82 Å². The molecule has 4 rings (SSSR count). The highest BCUT2D eigenvalue weighted by atomic mass is 32.2. The van der Waals surface area contributed by atoms with Gasteiger partial charge in [-0.25, -0.2) is 14.5 Å². The third-order valence-corrected chi connectivity index (χ3v) is 5.87. The summed E-state index contributed by atoms with van der Waals surface area (Å²) in [5.41, 5.74) is 0.601. The molecule has 3 aromatic heterocycles. The fourth-order valence-corrected chi connectivity index (χ4v) is 4.41. The number of anilines is 1. The Balaban J connectivity index is 1.30. The van der Waals surface area contributed by atoms with Crippen LogP contribution in [0.5, 0.6) is 0 Å². The summed E-state index contributed by atoms with van der Waals surface area (Å²) in [4.78, 5) is 16.7. The normalized spacial score (nSPS) is 14.2. The van der Waals surface area contributed by atoms with Crippen LogP contribution in [0.25, 0.3) is 5.82 Å². The van der Waals surface area contributed by atoms with Crippen LogP contribution in [0.15, 0.2) is 41.9 Å². The first-order valence-corrected chi connectivity index (χ1v) is 11.5. The number of urea groups is 1. The number of rotatable bonds is 8. The summed E-state index contributed by atoms with van der Waals surface area (Å²) in [6, 6.07) is 5.64. The number of thioether (sulfide) groups is 1. The molecular formula is C20H26N8OS. The predicted octanol–water partition coefficient (Wildman–Crippen LogP) is 3.45. The van der Waals surface area contributed by atoms with E-state index in [1.807, 2.05) is 12.3 Å². The molecule has 9 nitrogen and oxygen atoms in total. The van der Waals surface area contributed by atoms with Crippen LogP contribution in [0.4, 0.5) is 10.5 Å². The number of hydrogen-bond donors (Lipinski definition) is 2. The summed E-state index contributed by atoms with van der Waals surface area (Å²) in [5.74, 6) is 1.59. The first kappa shape index (κ1) is 20.4. The van der Waals surface area contributed by atoms with Crippen LogP contribution in [0.3, 0.4) is 0 Å². The Morgan fingerprint density at radius 1 is 1.23 bits per heavy atom. The summed E-state index contributed by atoms with van der Waals surface area (Å²) in [6.45, 7) is 0.551. The third-order valence-electron chi connectivity index (χ3n) is 5.23. The lowest BCUT2D eigenvalue weighted by Crippen LogP contribution is -2.30. The fourth-order valence-electron chi connectivity index (χ4n) is 3.83. The second kappa shape index (κ2) is 9.75. The molecule has 1 aliphatic rings. The van der Waals surface area contributed by atoms with Gasteiger partial charge in [-0.05, 0) is 43.7 Å².